The minimum Gasteiger partial charge on any atom is -0.495 e. The molecule has 116 valence electrons. The molecule has 22 heavy (non-hydrogen) atoms. The Morgan fingerprint density at radius 1 is 1.27 bits per heavy atom. The van der Waals surface area contributed by atoms with Gasteiger partial charge in [0.2, 0.25) is 11.8 Å². The van der Waals surface area contributed by atoms with Crippen molar-refractivity contribution >= 4 is 23.2 Å². The third-order valence-electron chi connectivity index (χ3n) is 3.25. The van der Waals surface area contributed by atoms with Crippen LogP contribution >= 0.6 is 11.6 Å². The molecule has 1 aromatic heterocycles. The predicted octanol–water partition coefficient (Wildman–Crippen LogP) is 2.96. The monoisotopic (exact) mass is 320 g/mol. The van der Waals surface area contributed by atoms with Crippen LogP contribution in [0.3, 0.4) is 0 Å². The summed E-state index contributed by atoms with van der Waals surface area (Å²) in [6.07, 6.45) is 1.84. The summed E-state index contributed by atoms with van der Waals surface area (Å²) in [6.45, 7) is 0. The second-order valence-corrected chi connectivity index (χ2v) is 5.04. The molecule has 0 unspecified atom stereocenters. The molecule has 0 radical (unpaired) electrons. The van der Waals surface area contributed by atoms with Gasteiger partial charge in [-0.1, -0.05) is 17.7 Å². The fraction of sp³-hybridized carbons (Fsp3) is 0.250. The number of likely N-dealkylation sites (N-methyl/N-ethyl adjacent to an activating group) is 1. The number of nitrogens with zero attached hydrogens (tertiary/aromatic N) is 2. The van der Waals surface area contributed by atoms with Crippen molar-refractivity contribution in [3.05, 3.63) is 47.1 Å². The first-order valence-corrected chi connectivity index (χ1v) is 7.02. The van der Waals surface area contributed by atoms with Crippen molar-refractivity contribution in [3.8, 4) is 11.6 Å². The van der Waals surface area contributed by atoms with E-state index in [0.717, 1.165) is 5.56 Å². The first-order chi connectivity index (χ1) is 10.6. The summed E-state index contributed by atoms with van der Waals surface area (Å²) in [6, 6.07) is 8.82. The van der Waals surface area contributed by atoms with E-state index in [0.29, 0.717) is 22.3 Å². The quantitative estimate of drug-likeness (QED) is 0.850. The van der Waals surface area contributed by atoms with E-state index >= 15 is 0 Å². The lowest BCUT2D eigenvalue weighted by Gasteiger charge is -2.19. The van der Waals surface area contributed by atoms with Crippen LogP contribution in [0.25, 0.3) is 0 Å². The van der Waals surface area contributed by atoms with E-state index in [-0.39, 0.29) is 12.3 Å². The minimum atomic E-state index is -0.0873. The molecule has 1 amide bonds. The number of ether oxygens (including phenoxy) is 2. The summed E-state index contributed by atoms with van der Waals surface area (Å²) in [4.78, 5) is 18.0. The maximum absolute atomic E-state index is 12.4. The Kier molecular flexibility index (Phi) is 5.22. The fourth-order valence-corrected chi connectivity index (χ4v) is 2.23. The van der Waals surface area contributed by atoms with Crippen molar-refractivity contribution < 1.29 is 14.3 Å². The maximum atomic E-state index is 12.4. The number of methoxy groups -OCH3 is 2. The smallest absolute Gasteiger partial charge is 0.237 e. The molecule has 0 aliphatic carbocycles. The summed E-state index contributed by atoms with van der Waals surface area (Å²) < 4.78 is 10.3. The van der Waals surface area contributed by atoms with Gasteiger partial charge in [-0.25, -0.2) is 4.98 Å². The Balaban J connectivity index is 2.18. The van der Waals surface area contributed by atoms with Crippen LogP contribution in [0, 0.1) is 0 Å². The molecular weight excluding hydrogens is 304 g/mol. The lowest BCUT2D eigenvalue weighted by molar-refractivity contribution is -0.117. The van der Waals surface area contributed by atoms with Crippen LogP contribution in [0.5, 0.6) is 11.6 Å². The number of carbonyl (C=O) groups excluding carboxylic acids is 1. The topological polar surface area (TPSA) is 51.7 Å². The molecule has 0 saturated carbocycles. The van der Waals surface area contributed by atoms with Crippen LogP contribution in [-0.2, 0) is 11.2 Å². The summed E-state index contributed by atoms with van der Waals surface area (Å²) in [5.74, 6) is 0.872. The van der Waals surface area contributed by atoms with Crippen molar-refractivity contribution in [2.75, 3.05) is 26.2 Å². The van der Waals surface area contributed by atoms with Gasteiger partial charge in [0, 0.05) is 13.2 Å². The third kappa shape index (κ3) is 3.49. The van der Waals surface area contributed by atoms with Gasteiger partial charge in [-0.3, -0.25) is 4.79 Å². The van der Waals surface area contributed by atoms with Gasteiger partial charge in [-0.05, 0) is 29.8 Å². The fourth-order valence-electron chi connectivity index (χ4n) is 2.04. The van der Waals surface area contributed by atoms with Gasteiger partial charge in [-0.15, -0.1) is 0 Å². The second-order valence-electron chi connectivity index (χ2n) is 4.63. The second kappa shape index (κ2) is 7.13. The molecule has 1 aromatic carbocycles. The van der Waals surface area contributed by atoms with Crippen molar-refractivity contribution in [2.24, 2.45) is 0 Å². The highest BCUT2D eigenvalue weighted by atomic mass is 35.5. The zero-order valence-electron chi connectivity index (χ0n) is 12.7. The number of aromatic nitrogens is 1. The lowest BCUT2D eigenvalue weighted by Crippen LogP contribution is -2.28. The zero-order valence-corrected chi connectivity index (χ0v) is 13.4. The zero-order chi connectivity index (χ0) is 16.1. The van der Waals surface area contributed by atoms with E-state index in [1.165, 1.54) is 12.0 Å². The number of benzene rings is 1. The van der Waals surface area contributed by atoms with Crippen molar-refractivity contribution in [1.29, 1.82) is 0 Å². The summed E-state index contributed by atoms with van der Waals surface area (Å²) in [7, 11) is 4.75. The van der Waals surface area contributed by atoms with Gasteiger partial charge in [0.1, 0.15) is 11.4 Å². The Morgan fingerprint density at radius 3 is 2.73 bits per heavy atom. The molecule has 2 rings (SSSR count). The molecule has 2 aromatic rings. The molecular formula is C16H17ClN2O3. The van der Waals surface area contributed by atoms with E-state index in [2.05, 4.69) is 4.98 Å². The van der Waals surface area contributed by atoms with Crippen LogP contribution in [0.4, 0.5) is 5.69 Å². The Morgan fingerprint density at radius 2 is 2.05 bits per heavy atom. The Hall–Kier alpha value is -2.27. The number of amides is 1. The van der Waals surface area contributed by atoms with Crippen LogP contribution in [-0.4, -0.2) is 32.2 Å². The van der Waals surface area contributed by atoms with Gasteiger partial charge in [-0.2, -0.15) is 0 Å². The average molecular weight is 321 g/mol. The van der Waals surface area contributed by atoms with Gasteiger partial charge in [0.15, 0.2) is 0 Å². The molecule has 6 heteroatoms. The molecule has 0 spiro atoms. The van der Waals surface area contributed by atoms with Crippen molar-refractivity contribution in [1.82, 2.24) is 4.98 Å². The number of halogens is 1. The molecule has 0 aliphatic rings. The highest BCUT2D eigenvalue weighted by Crippen LogP contribution is 2.27. The predicted molar refractivity (Wildman–Crippen MR) is 85.9 cm³/mol. The molecule has 0 fully saturated rings. The number of rotatable bonds is 5. The van der Waals surface area contributed by atoms with E-state index in [9.17, 15) is 4.79 Å². The highest BCUT2D eigenvalue weighted by molar-refractivity contribution is 6.32. The van der Waals surface area contributed by atoms with Crippen molar-refractivity contribution in [3.63, 3.8) is 0 Å². The molecule has 0 atom stereocenters. The Bertz CT molecular complexity index is 676. The third-order valence-corrected chi connectivity index (χ3v) is 3.56. The van der Waals surface area contributed by atoms with E-state index in [1.807, 2.05) is 0 Å². The molecule has 0 saturated heterocycles. The summed E-state index contributed by atoms with van der Waals surface area (Å²) >= 11 is 5.99. The first kappa shape index (κ1) is 16.1. The summed E-state index contributed by atoms with van der Waals surface area (Å²) in [5.41, 5.74) is 1.44. The molecule has 0 aliphatic heterocycles. The molecule has 0 bridgehead atoms. The first-order valence-electron chi connectivity index (χ1n) is 6.64. The normalized spacial score (nSPS) is 10.2. The Labute approximate surface area is 134 Å². The number of anilines is 1. The van der Waals surface area contributed by atoms with E-state index in [1.54, 1.807) is 50.7 Å². The van der Waals surface area contributed by atoms with Crippen LogP contribution < -0.4 is 14.4 Å². The van der Waals surface area contributed by atoms with Crippen molar-refractivity contribution in [2.45, 2.75) is 6.42 Å². The van der Waals surface area contributed by atoms with E-state index in [4.69, 9.17) is 21.1 Å². The molecule has 5 nitrogen and oxygen atoms in total. The molecule has 1 heterocycles. The van der Waals surface area contributed by atoms with Crippen LogP contribution in [0.2, 0.25) is 5.02 Å². The van der Waals surface area contributed by atoms with E-state index < -0.39 is 0 Å². The van der Waals surface area contributed by atoms with Gasteiger partial charge in [0.05, 0.1) is 25.7 Å². The number of hydrogen-bond donors (Lipinski definition) is 0. The maximum Gasteiger partial charge on any atom is 0.237 e. The number of pyridine rings is 1. The highest BCUT2D eigenvalue weighted by Gasteiger charge is 2.16. The molecule has 0 N–H and O–H groups in total. The van der Waals surface area contributed by atoms with Gasteiger partial charge < -0.3 is 14.4 Å². The standard InChI is InChI=1S/C16H17ClN2O3/c1-19(13-5-4-8-18-16(13)22-3)15(20)10-11-6-7-12(17)14(9-11)21-2/h4-9H,10H2,1-3H3. The largest absolute Gasteiger partial charge is 0.495 e. The van der Waals surface area contributed by atoms with Gasteiger partial charge in [0.25, 0.3) is 0 Å². The summed E-state index contributed by atoms with van der Waals surface area (Å²) in [5, 5.41) is 0.515. The SMILES string of the molecule is COc1cc(CC(=O)N(C)c2cccnc2OC)ccc1Cl. The van der Waals surface area contributed by atoms with Crippen LogP contribution in [0.1, 0.15) is 5.56 Å². The number of carbonyl (C=O) groups is 1. The average Bonchev–Trinajstić information content (AvgIpc) is 2.55. The van der Waals surface area contributed by atoms with Crippen LogP contribution in [0.15, 0.2) is 36.5 Å². The minimum absolute atomic E-state index is 0.0873. The van der Waals surface area contributed by atoms with Gasteiger partial charge >= 0.3 is 0 Å². The number of hydrogen-bond acceptors (Lipinski definition) is 4. The lowest BCUT2D eigenvalue weighted by atomic mass is 10.1.